The Morgan fingerprint density at radius 2 is 1.95 bits per heavy atom. The molecule has 0 radical (unpaired) electrons. The number of nitrogens with one attached hydrogen (secondary N) is 1. The van der Waals surface area contributed by atoms with Crippen LogP contribution in [0.3, 0.4) is 0 Å². The van der Waals surface area contributed by atoms with Crippen LogP contribution in [0.1, 0.15) is 0 Å². The lowest BCUT2D eigenvalue weighted by molar-refractivity contribution is 0.140. The summed E-state index contributed by atoms with van der Waals surface area (Å²) in [6.45, 7) is 0. The first kappa shape index (κ1) is 16.7. The first-order valence-corrected chi connectivity index (χ1v) is 8.64. The SMILES string of the molecule is CO[Si](OC)(OC)c1cccc(N=C(NC#N)SC)c1. The zero-order chi connectivity index (χ0) is 15.0. The van der Waals surface area contributed by atoms with Crippen LogP contribution in [0.2, 0.25) is 0 Å². The van der Waals surface area contributed by atoms with E-state index in [9.17, 15) is 0 Å². The third kappa shape index (κ3) is 3.81. The Hall–Kier alpha value is -1.37. The summed E-state index contributed by atoms with van der Waals surface area (Å²) >= 11 is 1.35. The van der Waals surface area contributed by atoms with Crippen LogP contribution in [0.5, 0.6) is 0 Å². The summed E-state index contributed by atoms with van der Waals surface area (Å²) in [5.74, 6) is 0. The van der Waals surface area contributed by atoms with Gasteiger partial charge in [-0.15, -0.1) is 0 Å². The largest absolute Gasteiger partial charge is 0.536 e. The second-order valence-corrected chi connectivity index (χ2v) is 7.29. The first-order valence-electron chi connectivity index (χ1n) is 5.69. The van der Waals surface area contributed by atoms with Crippen LogP contribution in [-0.2, 0) is 13.3 Å². The summed E-state index contributed by atoms with van der Waals surface area (Å²) in [4.78, 5) is 4.35. The van der Waals surface area contributed by atoms with E-state index in [0.29, 0.717) is 10.9 Å². The fraction of sp³-hybridized carbons (Fsp3) is 0.333. The van der Waals surface area contributed by atoms with Crippen molar-refractivity contribution < 1.29 is 13.3 Å². The minimum Gasteiger partial charge on any atom is -0.373 e. The van der Waals surface area contributed by atoms with Crippen molar-refractivity contribution in [3.8, 4) is 6.19 Å². The quantitative estimate of drug-likeness (QED) is 0.289. The number of amidine groups is 1. The molecule has 0 saturated heterocycles. The van der Waals surface area contributed by atoms with Gasteiger partial charge in [0.15, 0.2) is 11.4 Å². The minimum atomic E-state index is -2.87. The highest BCUT2D eigenvalue weighted by Crippen LogP contribution is 2.15. The van der Waals surface area contributed by atoms with E-state index in [1.807, 2.05) is 36.7 Å². The maximum atomic E-state index is 8.64. The van der Waals surface area contributed by atoms with Crippen LogP contribution in [0, 0.1) is 11.5 Å². The van der Waals surface area contributed by atoms with Crippen molar-refractivity contribution in [2.45, 2.75) is 0 Å². The Balaban J connectivity index is 3.16. The Morgan fingerprint density at radius 1 is 1.30 bits per heavy atom. The predicted molar refractivity (Wildman–Crippen MR) is 82.2 cm³/mol. The van der Waals surface area contributed by atoms with Crippen LogP contribution < -0.4 is 10.5 Å². The molecule has 1 aromatic carbocycles. The molecule has 0 heterocycles. The van der Waals surface area contributed by atoms with E-state index in [0.717, 1.165) is 5.19 Å². The normalized spacial score (nSPS) is 12.1. The zero-order valence-electron chi connectivity index (χ0n) is 11.8. The molecule has 0 aromatic heterocycles. The monoisotopic (exact) mass is 311 g/mol. The molecule has 1 N–H and O–H groups in total. The molecule has 0 atom stereocenters. The van der Waals surface area contributed by atoms with Crippen LogP contribution in [0.15, 0.2) is 29.3 Å². The van der Waals surface area contributed by atoms with Gasteiger partial charge in [0.2, 0.25) is 0 Å². The van der Waals surface area contributed by atoms with Gasteiger partial charge in [0.05, 0.1) is 5.69 Å². The fourth-order valence-corrected chi connectivity index (χ4v) is 3.84. The molecule has 0 saturated carbocycles. The Labute approximate surface area is 124 Å². The first-order chi connectivity index (χ1) is 9.65. The minimum absolute atomic E-state index is 0.518. The van der Waals surface area contributed by atoms with Crippen molar-refractivity contribution in [2.24, 2.45) is 4.99 Å². The summed E-state index contributed by atoms with van der Waals surface area (Å²) in [6, 6.07) is 7.38. The maximum absolute atomic E-state index is 8.64. The van der Waals surface area contributed by atoms with E-state index in [2.05, 4.69) is 10.3 Å². The number of hydrogen-bond donors (Lipinski definition) is 1. The lowest BCUT2D eigenvalue weighted by Crippen LogP contribution is -2.54. The highest BCUT2D eigenvalue weighted by atomic mass is 32.2. The second kappa shape index (κ2) is 8.03. The number of rotatable bonds is 5. The molecule has 0 bridgehead atoms. The highest BCUT2D eigenvalue weighted by Gasteiger charge is 2.40. The van der Waals surface area contributed by atoms with Crippen LogP contribution in [-0.4, -0.2) is 41.6 Å². The molecular formula is C12H17N3O3SSi. The van der Waals surface area contributed by atoms with Crippen molar-refractivity contribution in [3.63, 3.8) is 0 Å². The Morgan fingerprint density at radius 3 is 2.45 bits per heavy atom. The van der Waals surface area contributed by atoms with Crippen molar-refractivity contribution in [1.29, 1.82) is 5.26 Å². The van der Waals surface area contributed by atoms with Crippen molar-refractivity contribution in [2.75, 3.05) is 27.6 Å². The van der Waals surface area contributed by atoms with Gasteiger partial charge in [-0.3, -0.25) is 5.32 Å². The number of hydrogen-bond acceptors (Lipinski definition) is 6. The van der Waals surface area contributed by atoms with E-state index >= 15 is 0 Å². The lowest BCUT2D eigenvalue weighted by atomic mass is 10.3. The van der Waals surface area contributed by atoms with Crippen LogP contribution in [0.4, 0.5) is 5.69 Å². The molecule has 0 unspecified atom stereocenters. The molecule has 0 aliphatic heterocycles. The lowest BCUT2D eigenvalue weighted by Gasteiger charge is -2.24. The standard InChI is InChI=1S/C12H17N3O3SSi/c1-16-20(17-2,18-3)11-7-5-6-10(8-11)15-12(19-4)14-9-13/h5-8H,1-4H3,(H,14,15). The Bertz CT molecular complexity index is 507. The summed E-state index contributed by atoms with van der Waals surface area (Å²) < 4.78 is 16.3. The molecule has 0 spiro atoms. The van der Waals surface area contributed by atoms with Crippen molar-refractivity contribution in [3.05, 3.63) is 24.3 Å². The predicted octanol–water partition coefficient (Wildman–Crippen LogP) is 1.19. The maximum Gasteiger partial charge on any atom is 0.536 e. The van der Waals surface area contributed by atoms with Gasteiger partial charge in [-0.05, 0) is 18.4 Å². The molecule has 1 rings (SSSR count). The molecule has 0 amide bonds. The van der Waals surface area contributed by atoms with E-state index in [1.165, 1.54) is 11.8 Å². The van der Waals surface area contributed by atoms with Gasteiger partial charge in [0, 0.05) is 26.5 Å². The van der Waals surface area contributed by atoms with Gasteiger partial charge in [0.1, 0.15) is 0 Å². The van der Waals surface area contributed by atoms with E-state index in [4.69, 9.17) is 18.5 Å². The van der Waals surface area contributed by atoms with E-state index < -0.39 is 8.80 Å². The van der Waals surface area contributed by atoms with Gasteiger partial charge in [-0.25, -0.2) is 4.99 Å². The van der Waals surface area contributed by atoms with Gasteiger partial charge in [-0.1, -0.05) is 23.9 Å². The summed E-state index contributed by atoms with van der Waals surface area (Å²) in [6.07, 6.45) is 3.69. The van der Waals surface area contributed by atoms with Gasteiger partial charge < -0.3 is 13.3 Å². The number of aliphatic imine (C=N–C) groups is 1. The third-order valence-electron chi connectivity index (χ3n) is 2.59. The van der Waals surface area contributed by atoms with Gasteiger partial charge in [0.25, 0.3) is 0 Å². The molecular weight excluding hydrogens is 294 g/mol. The molecule has 8 heteroatoms. The van der Waals surface area contributed by atoms with Crippen LogP contribution in [0.25, 0.3) is 0 Å². The highest BCUT2D eigenvalue weighted by molar-refractivity contribution is 8.13. The fourth-order valence-electron chi connectivity index (χ4n) is 1.66. The molecule has 0 aliphatic rings. The Kier molecular flexibility index (Phi) is 6.70. The summed E-state index contributed by atoms with van der Waals surface area (Å²) in [7, 11) is 1.80. The van der Waals surface area contributed by atoms with Crippen molar-refractivity contribution in [1.82, 2.24) is 5.32 Å². The van der Waals surface area contributed by atoms with Gasteiger partial charge >= 0.3 is 8.80 Å². The molecule has 108 valence electrons. The van der Waals surface area contributed by atoms with Gasteiger partial charge in [-0.2, -0.15) is 5.26 Å². The number of nitrogens with zero attached hydrogens (tertiary/aromatic N) is 2. The average Bonchev–Trinajstić information content (AvgIpc) is 2.50. The molecule has 6 nitrogen and oxygen atoms in total. The topological polar surface area (TPSA) is 75.9 Å². The van der Waals surface area contributed by atoms with E-state index in [-0.39, 0.29) is 0 Å². The second-order valence-electron chi connectivity index (χ2n) is 3.58. The van der Waals surface area contributed by atoms with Crippen molar-refractivity contribution >= 4 is 36.6 Å². The number of nitriles is 1. The smallest absolute Gasteiger partial charge is 0.373 e. The van der Waals surface area contributed by atoms with Crippen LogP contribution >= 0.6 is 11.8 Å². The van der Waals surface area contributed by atoms with E-state index in [1.54, 1.807) is 21.3 Å². The average molecular weight is 311 g/mol. The molecule has 0 fully saturated rings. The molecule has 1 aromatic rings. The zero-order valence-corrected chi connectivity index (χ0v) is 13.7. The number of thioether (sulfide) groups is 1. The summed E-state index contributed by atoms with van der Waals surface area (Å²) in [5.41, 5.74) is 0.692. The summed E-state index contributed by atoms with van der Waals surface area (Å²) in [5, 5.41) is 12.5. The molecule has 0 aliphatic carbocycles. The third-order valence-corrected chi connectivity index (χ3v) is 5.80. The number of benzene rings is 1. The molecule has 20 heavy (non-hydrogen) atoms.